The third-order valence-electron chi connectivity index (χ3n) is 1.97. The minimum atomic E-state index is -4.65. The molecule has 0 amide bonds. The van der Waals surface area contributed by atoms with Crippen LogP contribution in [0.2, 0.25) is 0 Å². The van der Waals surface area contributed by atoms with Crippen LogP contribution in [0.4, 0.5) is 0 Å². The quantitative estimate of drug-likeness (QED) is 0.445. The van der Waals surface area contributed by atoms with Gasteiger partial charge < -0.3 is 4.52 Å². The lowest BCUT2D eigenvalue weighted by Gasteiger charge is -2.23. The summed E-state index contributed by atoms with van der Waals surface area (Å²) in [7, 11) is -4.65. The first kappa shape index (κ1) is 16.0. The summed E-state index contributed by atoms with van der Waals surface area (Å²) < 4.78 is 15.0. The number of phosphoric ester groups is 1. The lowest BCUT2D eigenvalue weighted by molar-refractivity contribution is 0.207. The molecule has 0 radical (unpaired) electrons. The molecule has 0 aromatic carbocycles. The maximum Gasteiger partial charge on any atom is 0.524 e. The summed E-state index contributed by atoms with van der Waals surface area (Å²) in [5, 5.41) is 0. The van der Waals surface area contributed by atoms with Gasteiger partial charge in [0.1, 0.15) is 10.3 Å². The predicted molar refractivity (Wildman–Crippen MR) is 65.0 cm³/mol. The topological polar surface area (TPSA) is 66.8 Å². The van der Waals surface area contributed by atoms with E-state index in [1.807, 2.05) is 13.8 Å². The summed E-state index contributed by atoms with van der Waals surface area (Å²) in [5.41, 5.74) is 0. The van der Waals surface area contributed by atoms with Crippen molar-refractivity contribution in [2.24, 2.45) is 11.8 Å². The van der Waals surface area contributed by atoms with Crippen molar-refractivity contribution in [3.05, 3.63) is 22.9 Å². The van der Waals surface area contributed by atoms with E-state index in [1.54, 1.807) is 6.08 Å². The van der Waals surface area contributed by atoms with E-state index in [0.717, 1.165) is 0 Å². The van der Waals surface area contributed by atoms with Gasteiger partial charge in [0.05, 0.1) is 0 Å². The van der Waals surface area contributed by atoms with Crippen molar-refractivity contribution < 1.29 is 18.9 Å². The number of hydrogen-bond acceptors (Lipinski definition) is 2. The molecule has 0 aromatic rings. The Morgan fingerprint density at radius 3 is 2.25 bits per heavy atom. The molecular weight excluding hydrogens is 274 g/mol. The zero-order valence-electron chi connectivity index (χ0n) is 9.06. The highest BCUT2D eigenvalue weighted by Crippen LogP contribution is 2.45. The first-order valence-corrected chi connectivity index (χ1v) is 6.88. The van der Waals surface area contributed by atoms with Crippen LogP contribution in [0.5, 0.6) is 0 Å². The first-order valence-electron chi connectivity index (χ1n) is 4.60. The van der Waals surface area contributed by atoms with Crippen molar-refractivity contribution in [3.8, 4) is 0 Å². The van der Waals surface area contributed by atoms with Gasteiger partial charge in [0.15, 0.2) is 0 Å². The fourth-order valence-electron chi connectivity index (χ4n) is 1.23. The van der Waals surface area contributed by atoms with E-state index in [2.05, 4.69) is 11.1 Å². The first-order chi connectivity index (χ1) is 7.19. The van der Waals surface area contributed by atoms with Crippen molar-refractivity contribution in [2.75, 3.05) is 0 Å². The Morgan fingerprint density at radius 1 is 1.50 bits per heavy atom. The van der Waals surface area contributed by atoms with E-state index in [4.69, 9.17) is 33.0 Å². The van der Waals surface area contributed by atoms with Crippen molar-refractivity contribution in [3.63, 3.8) is 0 Å². The average Bonchev–Trinajstić information content (AvgIpc) is 2.08. The van der Waals surface area contributed by atoms with Crippen LogP contribution < -0.4 is 0 Å². The summed E-state index contributed by atoms with van der Waals surface area (Å²) in [6.07, 6.45) is 2.08. The minimum absolute atomic E-state index is 0.0621. The standard InChI is InChI=1S/C9H15Cl2O4P/c1-4-5-7(6(2)3)8(9(10)11)15-16(12,13)14/h4,6-7H,1,5H2,2-3H3,(H2,12,13,14). The fraction of sp³-hybridized carbons (Fsp3) is 0.556. The van der Waals surface area contributed by atoms with E-state index in [-0.39, 0.29) is 22.1 Å². The highest BCUT2D eigenvalue weighted by molar-refractivity contribution is 7.46. The van der Waals surface area contributed by atoms with E-state index in [0.29, 0.717) is 6.42 Å². The zero-order valence-corrected chi connectivity index (χ0v) is 11.5. The van der Waals surface area contributed by atoms with Gasteiger partial charge in [0.2, 0.25) is 0 Å². The SMILES string of the molecule is C=CCC(C(OP(=O)(O)O)=C(Cl)Cl)C(C)C. The molecule has 7 heteroatoms. The molecule has 0 aliphatic carbocycles. The number of halogens is 2. The largest absolute Gasteiger partial charge is 0.524 e. The highest BCUT2D eigenvalue weighted by atomic mass is 35.5. The molecular formula is C9H15Cl2O4P. The third-order valence-corrected chi connectivity index (χ3v) is 2.77. The van der Waals surface area contributed by atoms with Crippen LogP contribution in [0.1, 0.15) is 20.3 Å². The average molecular weight is 289 g/mol. The molecule has 0 fully saturated rings. The van der Waals surface area contributed by atoms with E-state index in [9.17, 15) is 4.57 Å². The van der Waals surface area contributed by atoms with Crippen LogP contribution in [-0.4, -0.2) is 9.79 Å². The smallest absolute Gasteiger partial charge is 0.406 e. The Morgan fingerprint density at radius 2 is 2.00 bits per heavy atom. The molecule has 0 aliphatic rings. The molecule has 0 bridgehead atoms. The second-order valence-electron chi connectivity index (χ2n) is 3.58. The molecule has 4 nitrogen and oxygen atoms in total. The molecule has 0 aliphatic heterocycles. The molecule has 0 saturated heterocycles. The lowest BCUT2D eigenvalue weighted by atomic mass is 9.91. The molecule has 1 unspecified atom stereocenters. The lowest BCUT2D eigenvalue weighted by Crippen LogP contribution is -2.13. The molecule has 0 rings (SSSR count). The predicted octanol–water partition coefficient (Wildman–Crippen LogP) is 3.59. The van der Waals surface area contributed by atoms with E-state index in [1.165, 1.54) is 0 Å². The van der Waals surface area contributed by atoms with Crippen LogP contribution in [0.25, 0.3) is 0 Å². The molecule has 2 N–H and O–H groups in total. The van der Waals surface area contributed by atoms with Gasteiger partial charge in [-0.3, -0.25) is 9.79 Å². The van der Waals surface area contributed by atoms with Crippen LogP contribution in [0, 0.1) is 11.8 Å². The van der Waals surface area contributed by atoms with Crippen molar-refractivity contribution in [1.29, 1.82) is 0 Å². The van der Waals surface area contributed by atoms with Gasteiger partial charge in [-0.1, -0.05) is 43.1 Å². The molecule has 0 spiro atoms. The highest BCUT2D eigenvalue weighted by Gasteiger charge is 2.28. The minimum Gasteiger partial charge on any atom is -0.406 e. The number of rotatable bonds is 6. The number of allylic oxidation sites excluding steroid dienone is 2. The third kappa shape index (κ3) is 5.92. The summed E-state index contributed by atoms with van der Waals surface area (Å²) in [4.78, 5) is 17.5. The fourth-order valence-corrected chi connectivity index (χ4v) is 2.18. The monoisotopic (exact) mass is 288 g/mol. The van der Waals surface area contributed by atoms with Gasteiger partial charge in [-0.2, -0.15) is 0 Å². The van der Waals surface area contributed by atoms with Crippen molar-refractivity contribution in [1.82, 2.24) is 0 Å². The van der Waals surface area contributed by atoms with Gasteiger partial charge >= 0.3 is 7.82 Å². The van der Waals surface area contributed by atoms with Crippen LogP contribution >= 0.6 is 31.0 Å². The molecule has 94 valence electrons. The van der Waals surface area contributed by atoms with Gasteiger partial charge in [-0.25, -0.2) is 4.57 Å². The van der Waals surface area contributed by atoms with Crippen LogP contribution in [0.3, 0.4) is 0 Å². The summed E-state index contributed by atoms with van der Waals surface area (Å²) in [6.45, 7) is 7.30. The molecule has 0 saturated carbocycles. The second kappa shape index (κ2) is 6.67. The number of hydrogen-bond donors (Lipinski definition) is 2. The maximum absolute atomic E-state index is 10.8. The summed E-state index contributed by atoms with van der Waals surface area (Å²) in [6, 6.07) is 0. The molecule has 0 heterocycles. The normalized spacial score (nSPS) is 13.4. The van der Waals surface area contributed by atoms with E-state index < -0.39 is 7.82 Å². The Kier molecular flexibility index (Phi) is 6.68. The molecule has 1 atom stereocenters. The zero-order chi connectivity index (χ0) is 12.9. The van der Waals surface area contributed by atoms with E-state index >= 15 is 0 Å². The Balaban J connectivity index is 5.11. The Labute approximate surface area is 105 Å². The van der Waals surface area contributed by atoms with Gasteiger partial charge in [0.25, 0.3) is 0 Å². The Hall–Kier alpha value is 0.01000. The second-order valence-corrected chi connectivity index (χ2v) is 5.69. The summed E-state index contributed by atoms with van der Waals surface area (Å²) >= 11 is 11.1. The van der Waals surface area contributed by atoms with Crippen LogP contribution in [0.15, 0.2) is 22.9 Å². The van der Waals surface area contributed by atoms with Crippen molar-refractivity contribution in [2.45, 2.75) is 20.3 Å². The van der Waals surface area contributed by atoms with Crippen molar-refractivity contribution >= 4 is 31.0 Å². The summed E-state index contributed by atoms with van der Waals surface area (Å²) in [5.74, 6) is -0.339. The number of phosphoric acid groups is 1. The molecule has 16 heavy (non-hydrogen) atoms. The maximum atomic E-state index is 10.8. The van der Waals surface area contributed by atoms with Gasteiger partial charge in [-0.15, -0.1) is 6.58 Å². The van der Waals surface area contributed by atoms with Crippen LogP contribution in [-0.2, 0) is 9.09 Å². The molecule has 0 aromatic heterocycles. The van der Waals surface area contributed by atoms with Gasteiger partial charge in [0, 0.05) is 5.92 Å². The Bertz CT molecular complexity index is 317. The van der Waals surface area contributed by atoms with Gasteiger partial charge in [-0.05, 0) is 12.3 Å².